The van der Waals surface area contributed by atoms with Gasteiger partial charge in [0.15, 0.2) is 0 Å². The summed E-state index contributed by atoms with van der Waals surface area (Å²) in [5.41, 5.74) is 1.42. The van der Waals surface area contributed by atoms with Crippen LogP contribution in [0.1, 0.15) is 56.3 Å². The first kappa shape index (κ1) is 25.8. The lowest BCUT2D eigenvalue weighted by molar-refractivity contribution is -0.144. The molecule has 1 atom stereocenters. The molecule has 0 fully saturated rings. The van der Waals surface area contributed by atoms with Crippen LogP contribution >= 0.6 is 11.8 Å². The van der Waals surface area contributed by atoms with E-state index in [0.717, 1.165) is 45.8 Å². The van der Waals surface area contributed by atoms with Crippen molar-refractivity contribution in [3.05, 3.63) is 66.5 Å². The van der Waals surface area contributed by atoms with Crippen LogP contribution < -0.4 is 5.32 Å². The Morgan fingerprint density at radius 3 is 2.75 bits per heavy atom. The van der Waals surface area contributed by atoms with Crippen molar-refractivity contribution in [1.29, 1.82) is 0 Å². The number of nitrogens with one attached hydrogen (secondary N) is 2. The van der Waals surface area contributed by atoms with Gasteiger partial charge in [0, 0.05) is 39.3 Å². The Morgan fingerprint density at radius 2 is 1.94 bits per heavy atom. The molecule has 0 saturated carbocycles. The molecule has 7 heteroatoms. The molecule has 1 amide bonds. The van der Waals surface area contributed by atoms with Crippen molar-refractivity contribution in [2.45, 2.75) is 50.8 Å². The van der Waals surface area contributed by atoms with Gasteiger partial charge in [-0.2, -0.15) is 0 Å². The Kier molecular flexibility index (Phi) is 9.01. The zero-order chi connectivity index (χ0) is 25.3. The summed E-state index contributed by atoms with van der Waals surface area (Å²) in [6.45, 7) is 4.82. The molecule has 4 rings (SSSR count). The molecule has 2 heterocycles. The Bertz CT molecular complexity index is 1330. The summed E-state index contributed by atoms with van der Waals surface area (Å²) in [6, 6.07) is 15.6. The van der Waals surface area contributed by atoms with Gasteiger partial charge in [0.05, 0.1) is 18.6 Å². The highest BCUT2D eigenvalue weighted by atomic mass is 32.2. The van der Waals surface area contributed by atoms with E-state index >= 15 is 0 Å². The third-order valence-corrected chi connectivity index (χ3v) is 7.43. The molecular formula is C29H33N3O3S. The van der Waals surface area contributed by atoms with Gasteiger partial charge in [0.1, 0.15) is 5.82 Å². The van der Waals surface area contributed by atoms with E-state index in [-0.39, 0.29) is 11.9 Å². The fraction of sp³-hybridized carbons (Fsp3) is 0.345. The monoisotopic (exact) mass is 503 g/mol. The van der Waals surface area contributed by atoms with Crippen molar-refractivity contribution in [1.82, 2.24) is 9.97 Å². The molecule has 0 aliphatic carbocycles. The minimum atomic E-state index is -0.228. The first-order chi connectivity index (χ1) is 17.6. The first-order valence-corrected chi connectivity index (χ1v) is 13.6. The maximum atomic E-state index is 13.2. The number of benzene rings is 2. The van der Waals surface area contributed by atoms with Crippen molar-refractivity contribution in [2.75, 3.05) is 17.7 Å². The molecule has 0 spiro atoms. The zero-order valence-corrected chi connectivity index (χ0v) is 21.7. The highest BCUT2D eigenvalue weighted by Crippen LogP contribution is 2.31. The third-order valence-electron chi connectivity index (χ3n) is 6.37. The number of esters is 1. The van der Waals surface area contributed by atoms with Crippen molar-refractivity contribution in [3.63, 3.8) is 0 Å². The number of ether oxygens (including phenoxy) is 1. The van der Waals surface area contributed by atoms with Crippen molar-refractivity contribution < 1.29 is 14.3 Å². The van der Waals surface area contributed by atoms with Gasteiger partial charge in [-0.3, -0.25) is 9.59 Å². The molecule has 0 aliphatic heterocycles. The van der Waals surface area contributed by atoms with Gasteiger partial charge in [0.2, 0.25) is 0 Å². The number of amides is 1. The van der Waals surface area contributed by atoms with Crippen LogP contribution in [-0.4, -0.2) is 34.2 Å². The summed E-state index contributed by atoms with van der Waals surface area (Å²) in [4.78, 5) is 34.0. The third kappa shape index (κ3) is 6.46. The van der Waals surface area contributed by atoms with E-state index < -0.39 is 0 Å². The minimum Gasteiger partial charge on any atom is -0.465 e. The Hall–Kier alpha value is -3.32. The number of fused-ring (bicyclic) bond motifs is 2. The minimum absolute atomic E-state index is 0.168. The summed E-state index contributed by atoms with van der Waals surface area (Å²) in [5, 5.41) is 5.80. The maximum absolute atomic E-state index is 13.2. The SMILES string of the molecule is CCCCC(CC)COC(=O)CCSc1cccc2[nH]cc(C(=O)Nc3cc4ccccc4cn3)c12. The number of thioether (sulfide) groups is 1. The normalized spacial score (nSPS) is 12.1. The number of pyridine rings is 1. The van der Waals surface area contributed by atoms with Crippen LogP contribution in [0, 0.1) is 5.92 Å². The Labute approximate surface area is 216 Å². The average molecular weight is 504 g/mol. The van der Waals surface area contributed by atoms with Crippen LogP contribution in [0.15, 0.2) is 65.8 Å². The molecule has 2 N–H and O–H groups in total. The fourth-order valence-corrected chi connectivity index (χ4v) is 5.24. The van der Waals surface area contributed by atoms with E-state index in [9.17, 15) is 9.59 Å². The highest BCUT2D eigenvalue weighted by molar-refractivity contribution is 7.99. The van der Waals surface area contributed by atoms with E-state index in [0.29, 0.717) is 36.1 Å². The maximum Gasteiger partial charge on any atom is 0.306 e. The van der Waals surface area contributed by atoms with Gasteiger partial charge < -0.3 is 15.0 Å². The lowest BCUT2D eigenvalue weighted by Gasteiger charge is -2.14. The molecule has 0 radical (unpaired) electrons. The molecular weight excluding hydrogens is 470 g/mol. The number of rotatable bonds is 12. The predicted molar refractivity (Wildman–Crippen MR) is 148 cm³/mol. The average Bonchev–Trinajstić information content (AvgIpc) is 3.34. The second kappa shape index (κ2) is 12.6. The quantitative estimate of drug-likeness (QED) is 0.158. The largest absolute Gasteiger partial charge is 0.465 e. The molecule has 1 unspecified atom stereocenters. The lowest BCUT2D eigenvalue weighted by atomic mass is 10.0. The van der Waals surface area contributed by atoms with E-state index in [1.165, 1.54) is 6.42 Å². The number of anilines is 1. The topological polar surface area (TPSA) is 84.1 Å². The molecule has 6 nitrogen and oxygen atoms in total. The van der Waals surface area contributed by atoms with E-state index in [1.807, 2.05) is 48.5 Å². The van der Waals surface area contributed by atoms with Crippen LogP contribution in [0.2, 0.25) is 0 Å². The molecule has 4 aromatic rings. The number of aromatic amines is 1. The summed E-state index contributed by atoms with van der Waals surface area (Å²) >= 11 is 1.56. The van der Waals surface area contributed by atoms with Gasteiger partial charge in [-0.1, -0.05) is 63.4 Å². The first-order valence-electron chi connectivity index (χ1n) is 12.6. The zero-order valence-electron chi connectivity index (χ0n) is 20.9. The van der Waals surface area contributed by atoms with Gasteiger partial charge >= 0.3 is 5.97 Å². The smallest absolute Gasteiger partial charge is 0.306 e. The van der Waals surface area contributed by atoms with Crippen molar-refractivity contribution in [3.8, 4) is 0 Å². The van der Waals surface area contributed by atoms with Crippen molar-refractivity contribution >= 4 is 51.1 Å². The fourth-order valence-electron chi connectivity index (χ4n) is 4.21. The van der Waals surface area contributed by atoms with E-state index in [2.05, 4.69) is 29.1 Å². The molecule has 2 aromatic heterocycles. The molecule has 2 aromatic carbocycles. The Balaban J connectivity index is 1.39. The summed E-state index contributed by atoms with van der Waals surface area (Å²) in [7, 11) is 0. The summed E-state index contributed by atoms with van der Waals surface area (Å²) in [5.74, 6) is 1.13. The number of unbranched alkanes of at least 4 members (excludes halogenated alkanes) is 1. The van der Waals surface area contributed by atoms with Crippen LogP contribution in [0.4, 0.5) is 5.82 Å². The van der Waals surface area contributed by atoms with E-state index in [1.54, 1.807) is 24.2 Å². The number of hydrogen-bond donors (Lipinski definition) is 2. The number of H-pyrrole nitrogens is 1. The summed E-state index contributed by atoms with van der Waals surface area (Å²) < 4.78 is 5.53. The second-order valence-corrected chi connectivity index (χ2v) is 10.1. The standard InChI is InChI=1S/C29H33N3O3S/c1-3-5-9-20(4-2)19-35-27(33)14-15-36-25-13-8-12-24-28(25)23(18-30-24)29(34)32-26-16-21-10-6-7-11-22(21)17-31-26/h6-8,10-13,16-18,20,30H,3-5,9,14-15,19H2,1-2H3,(H,31,32,34). The Morgan fingerprint density at radius 1 is 1.11 bits per heavy atom. The molecule has 0 aliphatic rings. The molecule has 0 saturated heterocycles. The van der Waals surface area contributed by atoms with Crippen LogP contribution in [0.25, 0.3) is 21.7 Å². The summed E-state index contributed by atoms with van der Waals surface area (Å²) in [6.07, 6.45) is 8.26. The molecule has 36 heavy (non-hydrogen) atoms. The van der Waals surface area contributed by atoms with Crippen molar-refractivity contribution in [2.24, 2.45) is 5.92 Å². The van der Waals surface area contributed by atoms with Gasteiger partial charge in [0.25, 0.3) is 5.91 Å². The second-order valence-electron chi connectivity index (χ2n) is 8.95. The number of nitrogens with zero attached hydrogens (tertiary/aromatic N) is 1. The number of aromatic nitrogens is 2. The highest BCUT2D eigenvalue weighted by Gasteiger charge is 2.17. The van der Waals surface area contributed by atoms with Crippen LogP contribution in [-0.2, 0) is 9.53 Å². The van der Waals surface area contributed by atoms with Crippen LogP contribution in [0.5, 0.6) is 0 Å². The number of carbonyl (C=O) groups excluding carboxylic acids is 2. The van der Waals surface area contributed by atoms with E-state index in [4.69, 9.17) is 4.74 Å². The number of hydrogen-bond acceptors (Lipinski definition) is 5. The lowest BCUT2D eigenvalue weighted by Crippen LogP contribution is -2.14. The van der Waals surface area contributed by atoms with Gasteiger partial charge in [-0.15, -0.1) is 11.8 Å². The van der Waals surface area contributed by atoms with Gasteiger partial charge in [-0.25, -0.2) is 4.98 Å². The molecule has 0 bridgehead atoms. The van der Waals surface area contributed by atoms with Gasteiger partial charge in [-0.05, 0) is 35.9 Å². The predicted octanol–water partition coefficient (Wildman–Crippen LogP) is 7.21. The molecule has 188 valence electrons. The number of carbonyl (C=O) groups is 2. The van der Waals surface area contributed by atoms with Crippen LogP contribution in [0.3, 0.4) is 0 Å².